The Kier molecular flexibility index (Phi) is 4.14. The average molecular weight is 312 g/mol. The molecule has 1 heterocycles. The van der Waals surface area contributed by atoms with E-state index in [0.29, 0.717) is 23.6 Å². The summed E-state index contributed by atoms with van der Waals surface area (Å²) in [5.74, 6) is 0.453. The molecule has 23 heavy (non-hydrogen) atoms. The number of rotatable bonds is 4. The molecule has 1 atom stereocenters. The van der Waals surface area contributed by atoms with Crippen LogP contribution in [0, 0.1) is 0 Å². The number of benzene rings is 2. The van der Waals surface area contributed by atoms with E-state index in [-0.39, 0.29) is 11.7 Å². The van der Waals surface area contributed by atoms with E-state index < -0.39 is 6.10 Å². The van der Waals surface area contributed by atoms with Crippen molar-refractivity contribution in [3.05, 3.63) is 54.1 Å². The van der Waals surface area contributed by atoms with Crippen LogP contribution >= 0.6 is 0 Å². The van der Waals surface area contributed by atoms with Gasteiger partial charge in [0, 0.05) is 23.7 Å². The van der Waals surface area contributed by atoms with Crippen molar-refractivity contribution in [2.75, 3.05) is 12.4 Å². The number of methoxy groups -OCH3 is 1. The molecule has 118 valence electrons. The fourth-order valence-corrected chi connectivity index (χ4v) is 2.37. The summed E-state index contributed by atoms with van der Waals surface area (Å²) in [6.07, 6.45) is -0.359. The monoisotopic (exact) mass is 312 g/mol. The van der Waals surface area contributed by atoms with E-state index in [1.807, 2.05) is 24.3 Å². The lowest BCUT2D eigenvalue weighted by Gasteiger charge is -2.10. The molecule has 0 saturated carbocycles. The van der Waals surface area contributed by atoms with Crippen LogP contribution in [-0.2, 0) is 9.63 Å². The van der Waals surface area contributed by atoms with Crippen LogP contribution in [0.15, 0.2) is 53.7 Å². The highest BCUT2D eigenvalue weighted by molar-refractivity contribution is 6.07. The van der Waals surface area contributed by atoms with E-state index in [1.165, 1.54) is 12.1 Å². The smallest absolute Gasteiger partial charge is 0.268 e. The van der Waals surface area contributed by atoms with E-state index in [1.54, 1.807) is 19.2 Å². The summed E-state index contributed by atoms with van der Waals surface area (Å²) in [7, 11) is 1.58. The molecular weight excluding hydrogens is 296 g/mol. The SMILES string of the molecule is COc1ccccc1C1=NOC(C(=O)Nc2cccc(O)c2)C1. The number of phenols is 1. The molecule has 1 aliphatic rings. The van der Waals surface area contributed by atoms with Crippen LogP contribution in [0.1, 0.15) is 12.0 Å². The van der Waals surface area contributed by atoms with E-state index >= 15 is 0 Å². The van der Waals surface area contributed by atoms with E-state index in [4.69, 9.17) is 9.57 Å². The quantitative estimate of drug-likeness (QED) is 0.909. The molecule has 0 aliphatic carbocycles. The van der Waals surface area contributed by atoms with Gasteiger partial charge in [-0.15, -0.1) is 0 Å². The van der Waals surface area contributed by atoms with Crippen molar-refractivity contribution < 1.29 is 19.5 Å². The number of aromatic hydroxyl groups is 1. The molecule has 2 N–H and O–H groups in total. The Balaban J connectivity index is 1.68. The van der Waals surface area contributed by atoms with Crippen molar-refractivity contribution in [1.82, 2.24) is 0 Å². The molecule has 6 heteroatoms. The van der Waals surface area contributed by atoms with Gasteiger partial charge in [-0.1, -0.05) is 23.4 Å². The van der Waals surface area contributed by atoms with Gasteiger partial charge in [0.1, 0.15) is 11.5 Å². The minimum Gasteiger partial charge on any atom is -0.508 e. The topological polar surface area (TPSA) is 80.2 Å². The maximum absolute atomic E-state index is 12.2. The summed E-state index contributed by atoms with van der Waals surface area (Å²) in [4.78, 5) is 17.5. The van der Waals surface area contributed by atoms with Gasteiger partial charge >= 0.3 is 0 Å². The zero-order valence-corrected chi connectivity index (χ0v) is 12.5. The van der Waals surface area contributed by atoms with Crippen LogP contribution in [0.2, 0.25) is 0 Å². The van der Waals surface area contributed by atoms with E-state index in [9.17, 15) is 9.90 Å². The van der Waals surface area contributed by atoms with Crippen molar-refractivity contribution in [2.45, 2.75) is 12.5 Å². The molecule has 0 spiro atoms. The largest absolute Gasteiger partial charge is 0.508 e. The molecule has 0 saturated heterocycles. The van der Waals surface area contributed by atoms with Gasteiger partial charge in [-0.25, -0.2) is 0 Å². The Bertz CT molecular complexity index is 758. The summed E-state index contributed by atoms with van der Waals surface area (Å²) in [5.41, 5.74) is 1.98. The van der Waals surface area contributed by atoms with E-state index in [2.05, 4.69) is 10.5 Å². The number of hydrogen-bond acceptors (Lipinski definition) is 5. The summed E-state index contributed by atoms with van der Waals surface area (Å²) < 4.78 is 5.30. The van der Waals surface area contributed by atoms with E-state index in [0.717, 1.165) is 5.56 Å². The first-order valence-corrected chi connectivity index (χ1v) is 7.13. The molecule has 3 rings (SSSR count). The van der Waals surface area contributed by atoms with Gasteiger partial charge in [0.15, 0.2) is 0 Å². The highest BCUT2D eigenvalue weighted by atomic mass is 16.6. The highest BCUT2D eigenvalue weighted by Gasteiger charge is 2.30. The second kappa shape index (κ2) is 6.39. The molecule has 1 amide bonds. The third-order valence-electron chi connectivity index (χ3n) is 3.49. The highest BCUT2D eigenvalue weighted by Crippen LogP contribution is 2.25. The minimum atomic E-state index is -0.711. The molecule has 0 aromatic heterocycles. The molecule has 2 aromatic rings. The summed E-state index contributed by atoms with van der Waals surface area (Å²) >= 11 is 0. The van der Waals surface area contributed by atoms with Gasteiger partial charge in [0.05, 0.1) is 12.8 Å². The third kappa shape index (κ3) is 3.26. The van der Waals surface area contributed by atoms with Gasteiger partial charge in [-0.3, -0.25) is 4.79 Å². The van der Waals surface area contributed by atoms with Crippen LogP contribution in [0.4, 0.5) is 5.69 Å². The predicted molar refractivity (Wildman–Crippen MR) is 85.8 cm³/mol. The maximum Gasteiger partial charge on any atom is 0.268 e. The first-order valence-electron chi connectivity index (χ1n) is 7.13. The lowest BCUT2D eigenvalue weighted by Crippen LogP contribution is -2.28. The van der Waals surface area contributed by atoms with Crippen molar-refractivity contribution in [3.8, 4) is 11.5 Å². The molecule has 2 aromatic carbocycles. The number of nitrogens with one attached hydrogen (secondary N) is 1. The average Bonchev–Trinajstić information content (AvgIpc) is 3.05. The molecular formula is C17H16N2O4. The minimum absolute atomic E-state index is 0.0844. The summed E-state index contributed by atoms with van der Waals surface area (Å²) in [6.45, 7) is 0. The number of anilines is 1. The number of phenolic OH excluding ortho intramolecular Hbond substituents is 1. The first kappa shape index (κ1) is 14.9. The zero-order chi connectivity index (χ0) is 16.2. The van der Waals surface area contributed by atoms with Gasteiger partial charge in [-0.2, -0.15) is 0 Å². The van der Waals surface area contributed by atoms with Crippen molar-refractivity contribution in [1.29, 1.82) is 0 Å². The predicted octanol–water partition coefficient (Wildman–Crippen LogP) is 2.53. The fourth-order valence-electron chi connectivity index (χ4n) is 2.37. The number of ether oxygens (including phenoxy) is 1. The number of para-hydroxylation sites is 1. The second-order valence-corrected chi connectivity index (χ2v) is 5.08. The number of oxime groups is 1. The number of carbonyl (C=O) groups is 1. The Morgan fingerprint density at radius 3 is 2.91 bits per heavy atom. The Morgan fingerprint density at radius 1 is 1.30 bits per heavy atom. The Hall–Kier alpha value is -3.02. The van der Waals surface area contributed by atoms with Crippen molar-refractivity contribution in [3.63, 3.8) is 0 Å². The van der Waals surface area contributed by atoms with Crippen LogP contribution in [0.3, 0.4) is 0 Å². The number of nitrogens with zero attached hydrogens (tertiary/aromatic N) is 1. The molecule has 1 aliphatic heterocycles. The second-order valence-electron chi connectivity index (χ2n) is 5.08. The normalized spacial score (nSPS) is 16.4. The third-order valence-corrected chi connectivity index (χ3v) is 3.49. The zero-order valence-electron chi connectivity index (χ0n) is 12.5. The first-order chi connectivity index (χ1) is 11.2. The summed E-state index contributed by atoms with van der Waals surface area (Å²) in [6, 6.07) is 13.8. The number of amides is 1. The lowest BCUT2D eigenvalue weighted by atomic mass is 10.0. The molecule has 0 bridgehead atoms. The lowest BCUT2D eigenvalue weighted by molar-refractivity contribution is -0.125. The maximum atomic E-state index is 12.2. The number of hydrogen-bond donors (Lipinski definition) is 2. The van der Waals surface area contributed by atoms with Gasteiger partial charge in [0.25, 0.3) is 5.91 Å². The molecule has 0 radical (unpaired) electrons. The fraction of sp³-hybridized carbons (Fsp3) is 0.176. The summed E-state index contributed by atoms with van der Waals surface area (Å²) in [5, 5.41) is 16.1. The molecule has 6 nitrogen and oxygen atoms in total. The van der Waals surface area contributed by atoms with Crippen molar-refractivity contribution >= 4 is 17.3 Å². The Morgan fingerprint density at radius 2 is 2.13 bits per heavy atom. The molecule has 1 unspecified atom stereocenters. The van der Waals surface area contributed by atoms with Crippen LogP contribution in [0.5, 0.6) is 11.5 Å². The standard InChI is InChI=1S/C17H16N2O4/c1-22-15-8-3-2-7-13(15)14-10-16(23-19-14)17(21)18-11-5-4-6-12(20)9-11/h2-9,16,20H,10H2,1H3,(H,18,21). The van der Waals surface area contributed by atoms with Gasteiger partial charge in [0.2, 0.25) is 6.10 Å². The Labute approximate surface area is 133 Å². The van der Waals surface area contributed by atoms with Crippen molar-refractivity contribution in [2.24, 2.45) is 5.16 Å². The van der Waals surface area contributed by atoms with Gasteiger partial charge < -0.3 is 20.0 Å². The molecule has 0 fully saturated rings. The van der Waals surface area contributed by atoms with Crippen LogP contribution in [0.25, 0.3) is 0 Å². The van der Waals surface area contributed by atoms with Gasteiger partial charge in [-0.05, 0) is 24.3 Å². The number of carbonyl (C=O) groups excluding carboxylic acids is 1. The van der Waals surface area contributed by atoms with Crippen LogP contribution in [-0.4, -0.2) is 29.9 Å². The van der Waals surface area contributed by atoms with Crippen LogP contribution < -0.4 is 10.1 Å².